The monoisotopic (exact) mass is 266 g/mol. The van der Waals surface area contributed by atoms with Crippen LogP contribution >= 0.6 is 24.8 Å². The molecule has 0 unspecified atom stereocenters. The Morgan fingerprint density at radius 1 is 0.545 bits per heavy atom. The van der Waals surface area contributed by atoms with E-state index in [9.17, 15) is 0 Å². The standard InChI is InChI=1S/2C3H9Si.2ClH.Ti/c2*1-4(2)3;;;/h2*1-3H3;2*1H;. The first-order valence-corrected chi connectivity index (χ1v) is 9.00. The number of hydrogen-bond acceptors (Lipinski definition) is 0. The predicted octanol–water partition coefficient (Wildman–Crippen LogP) is 3.58. The van der Waals surface area contributed by atoms with E-state index >= 15 is 0 Å². The molecular formula is C6H20Cl2Si2Ti. The van der Waals surface area contributed by atoms with Crippen LogP contribution in [0, 0.1) is 0 Å². The van der Waals surface area contributed by atoms with E-state index in [1.807, 2.05) is 0 Å². The quantitative estimate of drug-likeness (QED) is 0.588. The SMILES string of the molecule is C[Si](C)C.C[Si](C)C.Cl.Cl.[Ti]. The van der Waals surface area contributed by atoms with E-state index in [1.54, 1.807) is 0 Å². The smallest absolute Gasteiger partial charge is 0.0379 e. The Labute approximate surface area is 103 Å². The molecule has 0 aromatic heterocycles. The van der Waals surface area contributed by atoms with E-state index in [-0.39, 0.29) is 64.1 Å². The maximum Gasteiger partial charge on any atom is 0.0379 e. The van der Waals surface area contributed by atoms with Crippen LogP contribution in [0.15, 0.2) is 0 Å². The fraction of sp³-hybridized carbons (Fsp3) is 1.00. The van der Waals surface area contributed by atoms with Crippen molar-refractivity contribution in [2.24, 2.45) is 0 Å². The van der Waals surface area contributed by atoms with Crippen molar-refractivity contribution in [1.29, 1.82) is 0 Å². The first kappa shape index (κ1) is 29.3. The summed E-state index contributed by atoms with van der Waals surface area (Å²) < 4.78 is 0. The molecule has 0 saturated carbocycles. The van der Waals surface area contributed by atoms with Crippen LogP contribution < -0.4 is 0 Å². The summed E-state index contributed by atoms with van der Waals surface area (Å²) >= 11 is 0. The van der Waals surface area contributed by atoms with E-state index in [1.165, 1.54) is 0 Å². The van der Waals surface area contributed by atoms with Gasteiger partial charge in [0.15, 0.2) is 0 Å². The van der Waals surface area contributed by atoms with Crippen molar-refractivity contribution in [2.45, 2.75) is 39.3 Å². The van der Waals surface area contributed by atoms with Gasteiger partial charge in [0, 0.05) is 39.3 Å². The van der Waals surface area contributed by atoms with Gasteiger partial charge in [-0.05, 0) is 0 Å². The average molecular weight is 267 g/mol. The Bertz CT molecular complexity index is 34.1. The molecule has 11 heavy (non-hydrogen) atoms. The Kier molecular flexibility index (Phi) is 60.2. The minimum absolute atomic E-state index is 0. The third-order valence-electron chi connectivity index (χ3n) is 0. The van der Waals surface area contributed by atoms with Crippen molar-refractivity contribution >= 4 is 42.4 Å². The summed E-state index contributed by atoms with van der Waals surface area (Å²) in [4.78, 5) is 0. The summed E-state index contributed by atoms with van der Waals surface area (Å²) in [6, 6.07) is 0. The van der Waals surface area contributed by atoms with Crippen LogP contribution in [0.1, 0.15) is 0 Å². The van der Waals surface area contributed by atoms with Crippen molar-refractivity contribution in [1.82, 2.24) is 0 Å². The molecule has 0 aromatic rings. The van der Waals surface area contributed by atoms with Gasteiger partial charge in [-0.3, -0.25) is 0 Å². The van der Waals surface area contributed by atoms with Crippen LogP contribution in [0.5, 0.6) is 0 Å². The zero-order valence-electron chi connectivity index (χ0n) is 8.32. The van der Waals surface area contributed by atoms with Crippen molar-refractivity contribution in [3.63, 3.8) is 0 Å². The third kappa shape index (κ3) is 372. The van der Waals surface area contributed by atoms with E-state index in [0.717, 1.165) is 0 Å². The first-order valence-electron chi connectivity index (χ1n) is 3.00. The number of hydrogen-bond donors (Lipinski definition) is 0. The van der Waals surface area contributed by atoms with Crippen molar-refractivity contribution < 1.29 is 21.7 Å². The maximum absolute atomic E-state index is 2.27. The first-order chi connectivity index (χ1) is 3.46. The van der Waals surface area contributed by atoms with Gasteiger partial charge < -0.3 is 0 Å². The second-order valence-electron chi connectivity index (χ2n) is 3.00. The van der Waals surface area contributed by atoms with Gasteiger partial charge in [-0.25, -0.2) is 0 Å². The van der Waals surface area contributed by atoms with Gasteiger partial charge in [0.05, 0.1) is 0 Å². The van der Waals surface area contributed by atoms with Gasteiger partial charge >= 0.3 is 0 Å². The molecule has 0 N–H and O–H groups in total. The van der Waals surface area contributed by atoms with Crippen LogP contribution in [0.25, 0.3) is 0 Å². The molecule has 0 heterocycles. The largest absolute Gasteiger partial charge is 0.147 e. The topological polar surface area (TPSA) is 0 Å². The minimum atomic E-state index is 0. The Balaban J connectivity index is -0.0000000171. The summed E-state index contributed by atoms with van der Waals surface area (Å²) in [5.41, 5.74) is 0. The molecule has 0 spiro atoms. The number of halogens is 2. The maximum atomic E-state index is 2.27. The van der Waals surface area contributed by atoms with Crippen LogP contribution in [0.4, 0.5) is 0 Å². The number of rotatable bonds is 0. The second kappa shape index (κ2) is 22.6. The predicted molar refractivity (Wildman–Crippen MR) is 61.2 cm³/mol. The molecule has 0 nitrogen and oxygen atoms in total. The molecule has 0 aliphatic carbocycles. The zero-order chi connectivity index (χ0) is 7.15. The fourth-order valence-electron chi connectivity index (χ4n) is 0. The Hall–Kier alpha value is 1.73. The fourth-order valence-corrected chi connectivity index (χ4v) is 0. The molecule has 0 rings (SSSR count). The molecule has 5 heteroatoms. The average Bonchev–Trinajstić information content (AvgIpc) is 1.25. The van der Waals surface area contributed by atoms with E-state index in [0.29, 0.717) is 0 Å². The Morgan fingerprint density at radius 2 is 0.545 bits per heavy atom. The van der Waals surface area contributed by atoms with Gasteiger partial charge in [0.25, 0.3) is 0 Å². The normalized spacial score (nSPS) is 6.55. The van der Waals surface area contributed by atoms with Crippen LogP contribution in [0.3, 0.4) is 0 Å². The molecule has 0 bridgehead atoms. The van der Waals surface area contributed by atoms with Gasteiger partial charge in [-0.2, -0.15) is 0 Å². The molecule has 0 aromatic carbocycles. The molecule has 2 radical (unpaired) electrons. The second-order valence-corrected chi connectivity index (χ2v) is 9.00. The third-order valence-corrected chi connectivity index (χ3v) is 0. The van der Waals surface area contributed by atoms with Crippen LogP contribution in [-0.2, 0) is 21.7 Å². The van der Waals surface area contributed by atoms with Crippen molar-refractivity contribution in [3.05, 3.63) is 0 Å². The summed E-state index contributed by atoms with van der Waals surface area (Å²) in [7, 11) is 0.241. The van der Waals surface area contributed by atoms with Gasteiger partial charge in [-0.15, -0.1) is 24.8 Å². The van der Waals surface area contributed by atoms with Gasteiger partial charge in [0.2, 0.25) is 0 Å². The minimum Gasteiger partial charge on any atom is -0.147 e. The van der Waals surface area contributed by atoms with Crippen LogP contribution in [-0.4, -0.2) is 17.6 Å². The van der Waals surface area contributed by atoms with E-state index in [4.69, 9.17) is 0 Å². The molecule has 0 fully saturated rings. The molecule has 0 aliphatic rings. The Morgan fingerprint density at radius 3 is 0.545 bits per heavy atom. The van der Waals surface area contributed by atoms with Crippen LogP contribution in [0.2, 0.25) is 39.3 Å². The summed E-state index contributed by atoms with van der Waals surface area (Å²) in [6.07, 6.45) is 0. The molecule has 70 valence electrons. The van der Waals surface area contributed by atoms with Crippen molar-refractivity contribution in [2.75, 3.05) is 0 Å². The molecule has 0 saturated heterocycles. The molecular weight excluding hydrogens is 247 g/mol. The summed E-state index contributed by atoms with van der Waals surface area (Å²) in [5.74, 6) is 0. The molecule has 0 amide bonds. The van der Waals surface area contributed by atoms with Gasteiger partial charge in [-0.1, -0.05) is 39.3 Å². The summed E-state index contributed by atoms with van der Waals surface area (Å²) in [6.45, 7) is 13.6. The van der Waals surface area contributed by atoms with Gasteiger partial charge in [0.1, 0.15) is 0 Å². The zero-order valence-corrected chi connectivity index (χ0v) is 13.5. The van der Waals surface area contributed by atoms with Crippen molar-refractivity contribution in [3.8, 4) is 0 Å². The molecule has 0 atom stereocenters. The summed E-state index contributed by atoms with van der Waals surface area (Å²) in [5, 5.41) is 0. The molecule has 0 aliphatic heterocycles. The van der Waals surface area contributed by atoms with E-state index < -0.39 is 0 Å². The van der Waals surface area contributed by atoms with E-state index in [2.05, 4.69) is 39.3 Å².